The van der Waals surface area contributed by atoms with E-state index in [0.717, 1.165) is 12.5 Å². The molecule has 2 aliphatic heterocycles. The molecule has 5 heteroatoms. The van der Waals surface area contributed by atoms with E-state index in [-0.39, 0.29) is 24.8 Å². The lowest BCUT2D eigenvalue weighted by molar-refractivity contribution is 0.155. The van der Waals surface area contributed by atoms with E-state index in [2.05, 4.69) is 82.4 Å². The predicted molar refractivity (Wildman–Crippen MR) is 140 cm³/mol. The van der Waals surface area contributed by atoms with Crippen LogP contribution in [0.2, 0.25) is 0 Å². The number of hydrogen-bond acceptors (Lipinski definition) is 3. The molecule has 3 nitrogen and oxygen atoms in total. The lowest BCUT2D eigenvalue weighted by Crippen LogP contribution is -2.45. The number of likely N-dealkylation sites (tertiary alicyclic amines) is 1. The summed E-state index contributed by atoms with van der Waals surface area (Å²) in [5, 5.41) is 0. The van der Waals surface area contributed by atoms with Gasteiger partial charge in [-0.2, -0.15) is 0 Å². The first-order chi connectivity index (χ1) is 14.7. The molecule has 5 rings (SSSR count). The first kappa shape index (κ1) is 25.3. The molecule has 0 radical (unpaired) electrons. The Morgan fingerprint density at radius 1 is 0.781 bits per heavy atom. The molecule has 2 aromatic rings. The van der Waals surface area contributed by atoms with Crippen molar-refractivity contribution < 1.29 is 0 Å². The molecule has 0 aromatic heterocycles. The highest BCUT2D eigenvalue weighted by Gasteiger charge is 2.38. The normalized spacial score (nSPS) is 23.8. The van der Waals surface area contributed by atoms with Crippen LogP contribution in [0.25, 0.3) is 5.57 Å². The molecule has 3 aliphatic rings. The van der Waals surface area contributed by atoms with Crippen LogP contribution in [0.15, 0.2) is 60.7 Å². The van der Waals surface area contributed by atoms with Crippen molar-refractivity contribution in [1.29, 1.82) is 0 Å². The van der Waals surface area contributed by atoms with Crippen molar-refractivity contribution in [2.24, 2.45) is 11.8 Å². The standard InChI is InChI=1S/C27H35N3.2ClH/c1-28-15-17-29(18-16-28)14-13-22-7-9-24(10-8-22)26-12-11-25-20-30(21-27(25)26)19-23-5-3-2-4-6-23;;/h2-10,12,25,27H,11,13-21H2,1H3;2*1H. The van der Waals surface area contributed by atoms with Crippen molar-refractivity contribution in [2.75, 3.05) is 52.9 Å². The lowest BCUT2D eigenvalue weighted by Gasteiger charge is -2.32. The van der Waals surface area contributed by atoms with E-state index in [1.165, 1.54) is 75.3 Å². The molecule has 32 heavy (non-hydrogen) atoms. The number of nitrogens with zero attached hydrogens (tertiary/aromatic N) is 3. The number of hydrogen-bond donors (Lipinski definition) is 0. The van der Waals surface area contributed by atoms with Crippen molar-refractivity contribution >= 4 is 30.4 Å². The van der Waals surface area contributed by atoms with Gasteiger partial charge in [0, 0.05) is 58.3 Å². The van der Waals surface area contributed by atoms with Crippen LogP contribution in [-0.4, -0.2) is 67.6 Å². The monoisotopic (exact) mass is 473 g/mol. The Kier molecular flexibility index (Phi) is 9.22. The number of halogens is 2. The molecule has 2 saturated heterocycles. The van der Waals surface area contributed by atoms with Crippen molar-refractivity contribution in [3.05, 3.63) is 77.4 Å². The highest BCUT2D eigenvalue weighted by molar-refractivity contribution is 5.85. The number of piperazine rings is 1. The maximum atomic E-state index is 2.65. The van der Waals surface area contributed by atoms with E-state index < -0.39 is 0 Å². The number of benzene rings is 2. The van der Waals surface area contributed by atoms with Gasteiger partial charge in [-0.05, 0) is 48.1 Å². The van der Waals surface area contributed by atoms with E-state index in [1.807, 2.05) is 0 Å². The zero-order chi connectivity index (χ0) is 20.3. The molecule has 2 fully saturated rings. The smallest absolute Gasteiger partial charge is 0.0234 e. The third-order valence-corrected chi connectivity index (χ3v) is 7.41. The topological polar surface area (TPSA) is 9.72 Å². The summed E-state index contributed by atoms with van der Waals surface area (Å²) in [6.07, 6.45) is 4.94. The molecule has 0 amide bonds. The molecule has 174 valence electrons. The lowest BCUT2D eigenvalue weighted by atomic mass is 9.90. The van der Waals surface area contributed by atoms with Gasteiger partial charge in [0.25, 0.3) is 0 Å². The molecular formula is C27H37Cl2N3. The quantitative estimate of drug-likeness (QED) is 0.593. The molecule has 0 spiro atoms. The Bertz CT molecular complexity index is 860. The van der Waals surface area contributed by atoms with Crippen LogP contribution < -0.4 is 0 Å². The zero-order valence-corrected chi connectivity index (χ0v) is 20.8. The van der Waals surface area contributed by atoms with Gasteiger partial charge >= 0.3 is 0 Å². The predicted octanol–water partition coefficient (Wildman–Crippen LogP) is 4.86. The van der Waals surface area contributed by atoms with Gasteiger partial charge in [0.1, 0.15) is 0 Å². The molecule has 0 N–H and O–H groups in total. The molecule has 0 bridgehead atoms. The largest absolute Gasteiger partial charge is 0.304 e. The summed E-state index contributed by atoms with van der Waals surface area (Å²) in [6.45, 7) is 9.56. The van der Waals surface area contributed by atoms with Crippen LogP contribution in [-0.2, 0) is 13.0 Å². The van der Waals surface area contributed by atoms with Crippen molar-refractivity contribution in [3.8, 4) is 0 Å². The van der Waals surface area contributed by atoms with E-state index in [1.54, 1.807) is 5.57 Å². The van der Waals surface area contributed by atoms with Crippen LogP contribution in [0.3, 0.4) is 0 Å². The summed E-state index contributed by atoms with van der Waals surface area (Å²) in [7, 11) is 2.23. The third kappa shape index (κ3) is 5.95. The van der Waals surface area contributed by atoms with Crippen LogP contribution in [0.1, 0.15) is 23.1 Å². The fourth-order valence-electron chi connectivity index (χ4n) is 5.51. The summed E-state index contributed by atoms with van der Waals surface area (Å²) in [5.74, 6) is 1.52. The highest BCUT2D eigenvalue weighted by Crippen LogP contribution is 2.43. The van der Waals surface area contributed by atoms with Gasteiger partial charge < -0.3 is 9.80 Å². The minimum absolute atomic E-state index is 0. The van der Waals surface area contributed by atoms with Gasteiger partial charge in [-0.1, -0.05) is 60.7 Å². The van der Waals surface area contributed by atoms with Gasteiger partial charge in [-0.15, -0.1) is 24.8 Å². The first-order valence-electron chi connectivity index (χ1n) is 11.7. The average molecular weight is 475 g/mol. The Morgan fingerprint density at radius 3 is 2.22 bits per heavy atom. The van der Waals surface area contributed by atoms with Gasteiger partial charge in [0.05, 0.1) is 0 Å². The Hall–Kier alpha value is -1.36. The summed E-state index contributed by atoms with van der Waals surface area (Å²) >= 11 is 0. The second-order valence-electron chi connectivity index (χ2n) is 9.53. The van der Waals surface area contributed by atoms with Crippen LogP contribution in [0, 0.1) is 11.8 Å². The Balaban J connectivity index is 0.00000144. The molecule has 2 aromatic carbocycles. The Morgan fingerprint density at radius 2 is 1.50 bits per heavy atom. The molecule has 2 atom stereocenters. The van der Waals surface area contributed by atoms with Crippen molar-refractivity contribution in [2.45, 2.75) is 19.4 Å². The van der Waals surface area contributed by atoms with Crippen molar-refractivity contribution in [3.63, 3.8) is 0 Å². The van der Waals surface area contributed by atoms with Crippen molar-refractivity contribution in [1.82, 2.24) is 14.7 Å². The van der Waals surface area contributed by atoms with Crippen LogP contribution in [0.4, 0.5) is 0 Å². The SMILES string of the molecule is CN1CCN(CCc2ccc(C3=CCC4CN(Cc5ccccc5)CC34)cc2)CC1.Cl.Cl. The minimum atomic E-state index is 0. The van der Waals surface area contributed by atoms with Crippen LogP contribution in [0.5, 0.6) is 0 Å². The van der Waals surface area contributed by atoms with E-state index in [9.17, 15) is 0 Å². The summed E-state index contributed by atoms with van der Waals surface area (Å²) in [6, 6.07) is 20.4. The molecule has 1 aliphatic carbocycles. The van der Waals surface area contributed by atoms with Gasteiger partial charge in [-0.25, -0.2) is 0 Å². The molecular weight excluding hydrogens is 437 g/mol. The summed E-state index contributed by atoms with van der Waals surface area (Å²) in [5.41, 5.74) is 5.96. The molecule has 0 saturated carbocycles. The fraction of sp³-hybridized carbons (Fsp3) is 0.481. The average Bonchev–Trinajstić information content (AvgIpc) is 3.35. The number of likely N-dealkylation sites (N-methyl/N-ethyl adjacent to an activating group) is 1. The summed E-state index contributed by atoms with van der Waals surface area (Å²) in [4.78, 5) is 7.69. The van der Waals surface area contributed by atoms with Crippen LogP contribution >= 0.6 is 24.8 Å². The van der Waals surface area contributed by atoms with Gasteiger partial charge in [0.2, 0.25) is 0 Å². The maximum absolute atomic E-state index is 2.65. The van der Waals surface area contributed by atoms with E-state index in [4.69, 9.17) is 0 Å². The second kappa shape index (κ2) is 11.7. The third-order valence-electron chi connectivity index (χ3n) is 7.41. The molecule has 2 heterocycles. The van der Waals surface area contributed by atoms with Gasteiger partial charge in [0.15, 0.2) is 0 Å². The van der Waals surface area contributed by atoms with Gasteiger partial charge in [-0.3, -0.25) is 4.90 Å². The first-order valence-corrected chi connectivity index (χ1v) is 11.7. The number of fused-ring (bicyclic) bond motifs is 1. The summed E-state index contributed by atoms with van der Waals surface area (Å²) < 4.78 is 0. The minimum Gasteiger partial charge on any atom is -0.304 e. The van der Waals surface area contributed by atoms with E-state index >= 15 is 0 Å². The number of allylic oxidation sites excluding steroid dienone is 1. The number of rotatable bonds is 6. The molecule has 2 unspecified atom stereocenters. The fourth-order valence-corrected chi connectivity index (χ4v) is 5.51. The zero-order valence-electron chi connectivity index (χ0n) is 19.2. The maximum Gasteiger partial charge on any atom is 0.0234 e. The second-order valence-corrected chi connectivity index (χ2v) is 9.53. The highest BCUT2D eigenvalue weighted by atomic mass is 35.5. The Labute approximate surface area is 206 Å². The van der Waals surface area contributed by atoms with E-state index in [0.29, 0.717) is 5.92 Å².